The van der Waals surface area contributed by atoms with Gasteiger partial charge in [-0.05, 0) is 44.7 Å². The summed E-state index contributed by atoms with van der Waals surface area (Å²) in [5.74, 6) is 0. The zero-order chi connectivity index (χ0) is 13.9. The molecule has 1 fully saturated rings. The van der Waals surface area contributed by atoms with E-state index in [1.54, 1.807) is 0 Å². The topological polar surface area (TPSA) is 15.3 Å². The maximum Gasteiger partial charge on any atom is 0.0278 e. The van der Waals surface area contributed by atoms with E-state index in [4.69, 9.17) is 0 Å². The first-order valence-corrected chi connectivity index (χ1v) is 7.57. The van der Waals surface area contributed by atoms with Crippen molar-refractivity contribution in [2.24, 2.45) is 0 Å². The molecule has 0 amide bonds. The predicted molar refractivity (Wildman–Crippen MR) is 82.6 cm³/mol. The Morgan fingerprint density at radius 3 is 2.79 bits per heavy atom. The minimum atomic E-state index is 0.290. The van der Waals surface area contributed by atoms with E-state index in [1.165, 1.54) is 24.1 Å². The minimum Gasteiger partial charge on any atom is -0.309 e. The monoisotopic (exact) mass is 260 g/mol. The number of nitrogens with one attached hydrogen (secondary N) is 1. The number of piperazine rings is 1. The van der Waals surface area contributed by atoms with Gasteiger partial charge in [-0.3, -0.25) is 4.90 Å². The largest absolute Gasteiger partial charge is 0.309 e. The highest BCUT2D eigenvalue weighted by Crippen LogP contribution is 2.19. The molecule has 0 bridgehead atoms. The van der Waals surface area contributed by atoms with Gasteiger partial charge in [0.2, 0.25) is 0 Å². The fourth-order valence-corrected chi connectivity index (χ4v) is 2.87. The summed E-state index contributed by atoms with van der Waals surface area (Å²) in [7, 11) is 0. The number of hydrogen-bond donors (Lipinski definition) is 1. The molecule has 1 saturated heterocycles. The molecule has 0 spiro atoms. The second-order valence-corrected chi connectivity index (χ2v) is 6.29. The molecule has 0 radical (unpaired) electrons. The highest BCUT2D eigenvalue weighted by Gasteiger charge is 2.32. The van der Waals surface area contributed by atoms with Crippen LogP contribution in [0.1, 0.15) is 38.3 Å². The van der Waals surface area contributed by atoms with E-state index in [0.717, 1.165) is 19.5 Å². The third-order valence-corrected chi connectivity index (χ3v) is 4.71. The van der Waals surface area contributed by atoms with Crippen LogP contribution in [0.3, 0.4) is 0 Å². The SMILES string of the molecule is CCC1(C)CN(CCc2ccccc2C)C(C)CN1. The second-order valence-electron chi connectivity index (χ2n) is 6.29. The first-order valence-electron chi connectivity index (χ1n) is 7.57. The van der Waals surface area contributed by atoms with Gasteiger partial charge < -0.3 is 5.32 Å². The first-order chi connectivity index (χ1) is 9.04. The van der Waals surface area contributed by atoms with Crippen molar-refractivity contribution in [1.29, 1.82) is 0 Å². The normalized spacial score (nSPS) is 28.5. The molecular weight excluding hydrogens is 232 g/mol. The highest BCUT2D eigenvalue weighted by atomic mass is 15.2. The number of aryl methyl sites for hydroxylation is 1. The third-order valence-electron chi connectivity index (χ3n) is 4.71. The van der Waals surface area contributed by atoms with Crippen LogP contribution >= 0.6 is 0 Å². The van der Waals surface area contributed by atoms with Crippen molar-refractivity contribution in [2.75, 3.05) is 19.6 Å². The lowest BCUT2D eigenvalue weighted by atomic mass is 9.93. The summed E-state index contributed by atoms with van der Waals surface area (Å²) in [5.41, 5.74) is 3.20. The summed E-state index contributed by atoms with van der Waals surface area (Å²) in [6.45, 7) is 12.6. The first kappa shape index (κ1) is 14.5. The molecule has 1 aromatic rings. The van der Waals surface area contributed by atoms with E-state index in [0.29, 0.717) is 6.04 Å². The molecule has 106 valence electrons. The van der Waals surface area contributed by atoms with Crippen LogP contribution in [0, 0.1) is 6.92 Å². The molecule has 2 rings (SSSR count). The molecule has 0 saturated carbocycles. The Balaban J connectivity index is 1.96. The van der Waals surface area contributed by atoms with E-state index in [-0.39, 0.29) is 5.54 Å². The molecule has 1 aromatic carbocycles. The molecule has 2 nitrogen and oxygen atoms in total. The second kappa shape index (κ2) is 6.06. The summed E-state index contributed by atoms with van der Waals surface area (Å²) in [4.78, 5) is 2.65. The average molecular weight is 260 g/mol. The van der Waals surface area contributed by atoms with Gasteiger partial charge in [-0.25, -0.2) is 0 Å². The molecule has 0 aromatic heterocycles. The lowest BCUT2D eigenvalue weighted by molar-refractivity contribution is 0.0943. The predicted octanol–water partition coefficient (Wildman–Crippen LogP) is 3.00. The van der Waals surface area contributed by atoms with Crippen LogP contribution in [-0.2, 0) is 6.42 Å². The fourth-order valence-electron chi connectivity index (χ4n) is 2.87. The smallest absolute Gasteiger partial charge is 0.0278 e. The van der Waals surface area contributed by atoms with Gasteiger partial charge in [0.1, 0.15) is 0 Å². The van der Waals surface area contributed by atoms with Crippen molar-refractivity contribution in [3.63, 3.8) is 0 Å². The van der Waals surface area contributed by atoms with Gasteiger partial charge in [-0.2, -0.15) is 0 Å². The standard InChI is InChI=1S/C17H28N2/c1-5-17(4)13-19(15(3)12-18-17)11-10-16-9-7-6-8-14(16)2/h6-9,15,18H,5,10-13H2,1-4H3. The van der Waals surface area contributed by atoms with Crippen LogP contribution in [0.5, 0.6) is 0 Å². The highest BCUT2D eigenvalue weighted by molar-refractivity contribution is 5.25. The maximum atomic E-state index is 3.69. The molecule has 1 aliphatic heterocycles. The lowest BCUT2D eigenvalue weighted by Crippen LogP contribution is -2.62. The molecule has 1 heterocycles. The zero-order valence-corrected chi connectivity index (χ0v) is 12.9. The lowest BCUT2D eigenvalue weighted by Gasteiger charge is -2.45. The molecule has 2 atom stereocenters. The van der Waals surface area contributed by atoms with Crippen molar-refractivity contribution in [3.8, 4) is 0 Å². The van der Waals surface area contributed by atoms with Crippen LogP contribution < -0.4 is 5.32 Å². The van der Waals surface area contributed by atoms with Crippen LogP contribution in [-0.4, -0.2) is 36.1 Å². The Morgan fingerprint density at radius 1 is 1.37 bits per heavy atom. The molecule has 2 heteroatoms. The zero-order valence-electron chi connectivity index (χ0n) is 12.9. The Bertz CT molecular complexity index is 415. The van der Waals surface area contributed by atoms with Crippen LogP contribution in [0.2, 0.25) is 0 Å². The van der Waals surface area contributed by atoms with Crippen molar-refractivity contribution in [1.82, 2.24) is 10.2 Å². The van der Waals surface area contributed by atoms with E-state index in [9.17, 15) is 0 Å². The van der Waals surface area contributed by atoms with Gasteiger partial charge in [0, 0.05) is 31.2 Å². The van der Waals surface area contributed by atoms with Crippen molar-refractivity contribution < 1.29 is 0 Å². The van der Waals surface area contributed by atoms with Gasteiger partial charge in [-0.15, -0.1) is 0 Å². The summed E-state index contributed by atoms with van der Waals surface area (Å²) < 4.78 is 0. The Morgan fingerprint density at radius 2 is 2.11 bits per heavy atom. The van der Waals surface area contributed by atoms with Gasteiger partial charge in [-0.1, -0.05) is 31.2 Å². The van der Waals surface area contributed by atoms with Gasteiger partial charge in [0.05, 0.1) is 0 Å². The number of benzene rings is 1. The van der Waals surface area contributed by atoms with Crippen LogP contribution in [0.4, 0.5) is 0 Å². The van der Waals surface area contributed by atoms with Gasteiger partial charge in [0.25, 0.3) is 0 Å². The Kier molecular flexibility index (Phi) is 4.64. The number of nitrogens with zero attached hydrogens (tertiary/aromatic N) is 1. The van der Waals surface area contributed by atoms with Crippen LogP contribution in [0.25, 0.3) is 0 Å². The van der Waals surface area contributed by atoms with Gasteiger partial charge in [0.15, 0.2) is 0 Å². The minimum absolute atomic E-state index is 0.290. The summed E-state index contributed by atoms with van der Waals surface area (Å²) in [6.07, 6.45) is 2.36. The Hall–Kier alpha value is -0.860. The van der Waals surface area contributed by atoms with Crippen molar-refractivity contribution in [3.05, 3.63) is 35.4 Å². The molecular formula is C17H28N2. The summed E-state index contributed by atoms with van der Waals surface area (Å²) in [5, 5.41) is 3.69. The number of rotatable bonds is 4. The molecule has 1 N–H and O–H groups in total. The maximum absolute atomic E-state index is 3.69. The van der Waals surface area contributed by atoms with E-state index >= 15 is 0 Å². The third kappa shape index (κ3) is 3.58. The molecule has 0 aliphatic carbocycles. The van der Waals surface area contributed by atoms with E-state index in [2.05, 4.69) is 62.2 Å². The quantitative estimate of drug-likeness (QED) is 0.895. The fraction of sp³-hybridized carbons (Fsp3) is 0.647. The van der Waals surface area contributed by atoms with Crippen LogP contribution in [0.15, 0.2) is 24.3 Å². The average Bonchev–Trinajstić information content (AvgIpc) is 2.42. The van der Waals surface area contributed by atoms with Gasteiger partial charge >= 0.3 is 0 Å². The van der Waals surface area contributed by atoms with Crippen molar-refractivity contribution >= 4 is 0 Å². The van der Waals surface area contributed by atoms with Crippen molar-refractivity contribution in [2.45, 2.75) is 52.1 Å². The van der Waals surface area contributed by atoms with E-state index in [1.807, 2.05) is 0 Å². The summed E-state index contributed by atoms with van der Waals surface area (Å²) in [6, 6.07) is 9.40. The molecule has 1 aliphatic rings. The summed E-state index contributed by atoms with van der Waals surface area (Å²) >= 11 is 0. The molecule has 2 unspecified atom stereocenters. The number of hydrogen-bond acceptors (Lipinski definition) is 2. The van der Waals surface area contributed by atoms with E-state index < -0.39 is 0 Å². The molecule has 19 heavy (non-hydrogen) atoms. The Labute approximate surface area is 118 Å².